The van der Waals surface area contributed by atoms with Crippen LogP contribution in [-0.2, 0) is 10.0 Å². The molecule has 10 heteroatoms. The van der Waals surface area contributed by atoms with Crippen LogP contribution in [0.15, 0.2) is 33.7 Å². The number of hydrogen-bond acceptors (Lipinski definition) is 7. The minimum atomic E-state index is -3.51. The summed E-state index contributed by atoms with van der Waals surface area (Å²) in [5.41, 5.74) is 0.563. The van der Waals surface area contributed by atoms with E-state index in [1.807, 2.05) is 0 Å². The quantitative estimate of drug-likeness (QED) is 0.734. The number of hydrogen-bond donors (Lipinski definition) is 1. The largest absolute Gasteiger partial charge is 0.346 e. The first-order valence-corrected chi connectivity index (χ1v) is 10.7. The first-order chi connectivity index (χ1) is 13.3. The third-order valence-corrected chi connectivity index (χ3v) is 6.74. The van der Waals surface area contributed by atoms with Crippen molar-refractivity contribution < 1.29 is 17.7 Å². The molecule has 152 valence electrons. The average Bonchev–Trinajstić information content (AvgIpc) is 3.35. The molecule has 1 aliphatic rings. The molecule has 1 aromatic heterocycles. The first-order valence-electron chi connectivity index (χ1n) is 9.22. The first kappa shape index (κ1) is 20.4. The minimum Gasteiger partial charge on any atom is -0.346 e. The summed E-state index contributed by atoms with van der Waals surface area (Å²) < 4.78 is 30.5. The molecule has 0 spiro atoms. The molecule has 1 amide bonds. The molecular weight excluding hydrogens is 382 g/mol. The Morgan fingerprint density at radius 3 is 2.68 bits per heavy atom. The normalized spacial score (nSPS) is 17.9. The number of likely N-dealkylation sites (N-methyl/N-ethyl adjacent to an activating group) is 1. The van der Waals surface area contributed by atoms with E-state index >= 15 is 0 Å². The fraction of sp³-hybridized carbons (Fsp3) is 0.500. The Bertz CT molecular complexity index is 924. The molecule has 0 radical (unpaired) electrons. The summed E-state index contributed by atoms with van der Waals surface area (Å²) in [6, 6.07) is 6.45. The molecule has 9 nitrogen and oxygen atoms in total. The van der Waals surface area contributed by atoms with E-state index in [0.29, 0.717) is 18.2 Å². The van der Waals surface area contributed by atoms with E-state index in [4.69, 9.17) is 4.52 Å². The highest BCUT2D eigenvalue weighted by molar-refractivity contribution is 7.89. The van der Waals surface area contributed by atoms with Gasteiger partial charge in [-0.05, 0) is 50.2 Å². The standard InChI is InChI=1S/C18H25N5O4S/c1-4-23-11-5-6-14(23)12-19-17(24)18-20-16(21-27-18)13-7-9-15(10-8-13)28(25,26)22(2)3/h7-10,14H,4-6,11-12H2,1-3H3,(H,19,24). The Balaban J connectivity index is 1.66. The van der Waals surface area contributed by atoms with E-state index < -0.39 is 15.9 Å². The van der Waals surface area contributed by atoms with Crippen LogP contribution in [0.25, 0.3) is 11.4 Å². The van der Waals surface area contributed by atoms with Gasteiger partial charge in [0.1, 0.15) is 0 Å². The molecule has 0 saturated carbocycles. The summed E-state index contributed by atoms with van der Waals surface area (Å²) in [6.45, 7) is 4.67. The van der Waals surface area contributed by atoms with E-state index in [0.717, 1.165) is 30.2 Å². The Kier molecular flexibility index (Phi) is 6.11. The number of amides is 1. The molecule has 1 fully saturated rings. The van der Waals surface area contributed by atoms with Crippen LogP contribution < -0.4 is 5.32 Å². The number of likely N-dealkylation sites (tertiary alicyclic amines) is 1. The molecular formula is C18H25N5O4S. The Labute approximate surface area is 164 Å². The highest BCUT2D eigenvalue weighted by atomic mass is 32.2. The van der Waals surface area contributed by atoms with E-state index in [1.165, 1.54) is 26.2 Å². The summed E-state index contributed by atoms with van der Waals surface area (Å²) in [5.74, 6) is -0.287. The summed E-state index contributed by atoms with van der Waals surface area (Å²) >= 11 is 0. The molecule has 1 aliphatic heterocycles. The second kappa shape index (κ2) is 8.38. The molecule has 28 heavy (non-hydrogen) atoms. The molecule has 3 rings (SSSR count). The van der Waals surface area contributed by atoms with Gasteiger partial charge in [-0.15, -0.1) is 0 Å². The molecule has 1 unspecified atom stereocenters. The lowest BCUT2D eigenvalue weighted by Gasteiger charge is -2.22. The van der Waals surface area contributed by atoms with Gasteiger partial charge in [-0.1, -0.05) is 12.1 Å². The van der Waals surface area contributed by atoms with Crippen molar-refractivity contribution >= 4 is 15.9 Å². The van der Waals surface area contributed by atoms with Crippen LogP contribution in [-0.4, -0.2) is 73.4 Å². The van der Waals surface area contributed by atoms with Crippen LogP contribution in [0.3, 0.4) is 0 Å². The SMILES string of the molecule is CCN1CCCC1CNC(=O)c1nc(-c2ccc(S(=O)(=O)N(C)C)cc2)no1. The number of aromatic nitrogens is 2. The Hall–Kier alpha value is -2.30. The molecule has 1 aromatic carbocycles. The van der Waals surface area contributed by atoms with Crippen molar-refractivity contribution in [1.29, 1.82) is 0 Å². The van der Waals surface area contributed by atoms with Crippen molar-refractivity contribution in [3.05, 3.63) is 30.2 Å². The van der Waals surface area contributed by atoms with Crippen molar-refractivity contribution in [3.63, 3.8) is 0 Å². The third kappa shape index (κ3) is 4.23. The van der Waals surface area contributed by atoms with Crippen LogP contribution in [0.5, 0.6) is 0 Å². The fourth-order valence-corrected chi connectivity index (χ4v) is 4.15. The molecule has 1 N–H and O–H groups in total. The molecule has 2 aromatic rings. The lowest BCUT2D eigenvalue weighted by atomic mass is 10.2. The van der Waals surface area contributed by atoms with Gasteiger partial charge in [-0.3, -0.25) is 9.69 Å². The maximum Gasteiger partial charge on any atom is 0.316 e. The lowest BCUT2D eigenvalue weighted by molar-refractivity contribution is 0.0897. The number of carbonyl (C=O) groups is 1. The second-order valence-corrected chi connectivity index (χ2v) is 9.02. The van der Waals surface area contributed by atoms with Gasteiger partial charge in [0.05, 0.1) is 4.90 Å². The topological polar surface area (TPSA) is 109 Å². The van der Waals surface area contributed by atoms with Crippen molar-refractivity contribution in [2.24, 2.45) is 0 Å². The highest BCUT2D eigenvalue weighted by Crippen LogP contribution is 2.20. The van der Waals surface area contributed by atoms with E-state index in [-0.39, 0.29) is 16.6 Å². The lowest BCUT2D eigenvalue weighted by Crippen LogP contribution is -2.40. The average molecular weight is 407 g/mol. The number of rotatable bonds is 7. The van der Waals surface area contributed by atoms with Gasteiger partial charge in [-0.2, -0.15) is 4.98 Å². The monoisotopic (exact) mass is 407 g/mol. The predicted octanol–water partition coefficient (Wildman–Crippen LogP) is 1.20. The van der Waals surface area contributed by atoms with Crippen molar-refractivity contribution in [2.45, 2.75) is 30.7 Å². The van der Waals surface area contributed by atoms with E-state index in [9.17, 15) is 13.2 Å². The van der Waals surface area contributed by atoms with Gasteiger partial charge in [0.2, 0.25) is 15.8 Å². The predicted molar refractivity (Wildman–Crippen MR) is 103 cm³/mol. The van der Waals surface area contributed by atoms with Crippen molar-refractivity contribution in [3.8, 4) is 11.4 Å². The zero-order chi connectivity index (χ0) is 20.3. The Morgan fingerprint density at radius 1 is 1.32 bits per heavy atom. The van der Waals surface area contributed by atoms with Crippen LogP contribution in [0.2, 0.25) is 0 Å². The van der Waals surface area contributed by atoms with Gasteiger partial charge in [0, 0.05) is 32.2 Å². The van der Waals surface area contributed by atoms with Crippen LogP contribution in [0, 0.1) is 0 Å². The molecule has 2 heterocycles. The van der Waals surface area contributed by atoms with Gasteiger partial charge >= 0.3 is 11.8 Å². The molecule has 0 aliphatic carbocycles. The van der Waals surface area contributed by atoms with Crippen LogP contribution in [0.4, 0.5) is 0 Å². The van der Waals surface area contributed by atoms with E-state index in [1.54, 1.807) is 12.1 Å². The summed E-state index contributed by atoms with van der Waals surface area (Å²) in [6.07, 6.45) is 2.20. The fourth-order valence-electron chi connectivity index (χ4n) is 3.25. The van der Waals surface area contributed by atoms with Gasteiger partial charge in [0.15, 0.2) is 0 Å². The summed E-state index contributed by atoms with van der Waals surface area (Å²) in [7, 11) is -0.564. The van der Waals surface area contributed by atoms with Gasteiger partial charge in [-0.25, -0.2) is 12.7 Å². The number of benzene rings is 1. The van der Waals surface area contributed by atoms with Crippen molar-refractivity contribution in [2.75, 3.05) is 33.7 Å². The van der Waals surface area contributed by atoms with Gasteiger partial charge < -0.3 is 9.84 Å². The second-order valence-electron chi connectivity index (χ2n) is 6.87. The van der Waals surface area contributed by atoms with Crippen LogP contribution >= 0.6 is 0 Å². The maximum atomic E-state index is 12.3. The molecule has 1 saturated heterocycles. The Morgan fingerprint density at radius 2 is 2.04 bits per heavy atom. The summed E-state index contributed by atoms with van der Waals surface area (Å²) in [5, 5.41) is 6.68. The van der Waals surface area contributed by atoms with Crippen molar-refractivity contribution in [1.82, 2.24) is 24.7 Å². The highest BCUT2D eigenvalue weighted by Gasteiger charge is 2.25. The van der Waals surface area contributed by atoms with E-state index in [2.05, 4.69) is 27.3 Å². The number of nitrogens with one attached hydrogen (secondary N) is 1. The summed E-state index contributed by atoms with van der Waals surface area (Å²) in [4.78, 5) is 18.9. The zero-order valence-corrected chi connectivity index (χ0v) is 17.1. The number of carbonyl (C=O) groups excluding carboxylic acids is 1. The zero-order valence-electron chi connectivity index (χ0n) is 16.3. The van der Waals surface area contributed by atoms with Gasteiger partial charge in [0.25, 0.3) is 0 Å². The maximum absolute atomic E-state index is 12.3. The number of sulfonamides is 1. The third-order valence-electron chi connectivity index (χ3n) is 4.91. The smallest absolute Gasteiger partial charge is 0.316 e. The minimum absolute atomic E-state index is 0.110. The number of nitrogens with zero attached hydrogens (tertiary/aromatic N) is 4. The van der Waals surface area contributed by atoms with Crippen LogP contribution in [0.1, 0.15) is 30.5 Å². The molecule has 0 bridgehead atoms. The molecule has 1 atom stereocenters.